The molecule has 0 aliphatic carbocycles. The first-order valence-corrected chi connectivity index (χ1v) is 9.80. The maximum Gasteiger partial charge on any atom is 0.383 e. The van der Waals surface area contributed by atoms with Crippen molar-refractivity contribution in [1.29, 1.82) is 0 Å². The molecule has 0 amide bonds. The Balaban J connectivity index is 1.92. The molecule has 0 spiro atoms. The van der Waals surface area contributed by atoms with Gasteiger partial charge >= 0.3 is 11.6 Å². The van der Waals surface area contributed by atoms with Crippen LogP contribution in [0.1, 0.15) is 58.3 Å². The van der Waals surface area contributed by atoms with E-state index < -0.39 is 18.2 Å². The van der Waals surface area contributed by atoms with Crippen molar-refractivity contribution in [3.8, 4) is 17.2 Å². The molecule has 0 aliphatic rings. The second-order valence-corrected chi connectivity index (χ2v) is 6.73. The van der Waals surface area contributed by atoms with E-state index in [1.165, 1.54) is 50.3 Å². The zero-order valence-corrected chi connectivity index (χ0v) is 16.2. The van der Waals surface area contributed by atoms with E-state index in [0.717, 1.165) is 19.3 Å². The normalized spacial score (nSPS) is 10.9. The molecular weight excluding hydrogens is 364 g/mol. The molecule has 0 radical (unpaired) electrons. The maximum atomic E-state index is 12.1. The standard InChI is InChI=1S/C21H28O7/c1-2-3-4-5-6-7-8-9-12-26-20-19(24)16-13-15(27-14-18(22)23)10-11-17(16)28-21(20)25/h10-11,13,24H,2-9,12,14H2,1H3,(H,22,23). The van der Waals surface area contributed by atoms with Crippen LogP contribution in [0.25, 0.3) is 11.0 Å². The van der Waals surface area contributed by atoms with Gasteiger partial charge in [-0.3, -0.25) is 0 Å². The van der Waals surface area contributed by atoms with Crippen molar-refractivity contribution in [3.05, 3.63) is 28.6 Å². The number of hydrogen-bond donors (Lipinski definition) is 2. The minimum absolute atomic E-state index is 0.171. The van der Waals surface area contributed by atoms with Crippen molar-refractivity contribution in [2.24, 2.45) is 0 Å². The number of aromatic hydroxyl groups is 1. The van der Waals surface area contributed by atoms with Crippen LogP contribution in [0.5, 0.6) is 17.2 Å². The fourth-order valence-electron chi connectivity index (χ4n) is 2.92. The van der Waals surface area contributed by atoms with Crippen LogP contribution in [0.2, 0.25) is 0 Å². The molecule has 7 nitrogen and oxygen atoms in total. The quantitative estimate of drug-likeness (QED) is 0.382. The van der Waals surface area contributed by atoms with E-state index in [-0.39, 0.29) is 28.2 Å². The molecule has 1 aromatic carbocycles. The number of benzene rings is 1. The van der Waals surface area contributed by atoms with E-state index in [9.17, 15) is 14.7 Å². The molecule has 0 unspecified atom stereocenters. The third-order valence-electron chi connectivity index (χ3n) is 4.42. The van der Waals surface area contributed by atoms with Gasteiger partial charge in [0, 0.05) is 0 Å². The Bertz CT molecular complexity index is 825. The van der Waals surface area contributed by atoms with Crippen molar-refractivity contribution >= 4 is 16.9 Å². The van der Waals surface area contributed by atoms with Crippen LogP contribution in [0.3, 0.4) is 0 Å². The summed E-state index contributed by atoms with van der Waals surface area (Å²) in [5.41, 5.74) is -0.576. The SMILES string of the molecule is CCCCCCCCCCOc1c(O)c2cc(OCC(=O)O)ccc2oc1=O. The van der Waals surface area contributed by atoms with Crippen molar-refractivity contribution in [2.45, 2.75) is 58.3 Å². The lowest BCUT2D eigenvalue weighted by molar-refractivity contribution is -0.139. The Morgan fingerprint density at radius 2 is 1.71 bits per heavy atom. The van der Waals surface area contributed by atoms with Crippen LogP contribution in [-0.4, -0.2) is 29.4 Å². The summed E-state index contributed by atoms with van der Waals surface area (Å²) in [6.45, 7) is 2.00. The van der Waals surface area contributed by atoms with E-state index >= 15 is 0 Å². The zero-order valence-electron chi connectivity index (χ0n) is 16.2. The zero-order chi connectivity index (χ0) is 20.4. The summed E-state index contributed by atoms with van der Waals surface area (Å²) in [5, 5.41) is 19.3. The molecule has 2 N–H and O–H groups in total. The minimum atomic E-state index is -1.11. The fraction of sp³-hybridized carbons (Fsp3) is 0.524. The second-order valence-electron chi connectivity index (χ2n) is 6.73. The van der Waals surface area contributed by atoms with Crippen LogP contribution in [0.15, 0.2) is 27.4 Å². The highest BCUT2D eigenvalue weighted by molar-refractivity contribution is 5.86. The summed E-state index contributed by atoms with van der Waals surface area (Å²) < 4.78 is 15.7. The molecule has 0 saturated heterocycles. The van der Waals surface area contributed by atoms with E-state index in [1.807, 2.05) is 0 Å². The number of carbonyl (C=O) groups is 1. The Labute approximate surface area is 163 Å². The van der Waals surface area contributed by atoms with Gasteiger partial charge in [0.25, 0.3) is 0 Å². The first kappa shape index (κ1) is 21.6. The van der Waals surface area contributed by atoms with Crippen LogP contribution in [0.4, 0.5) is 0 Å². The smallest absolute Gasteiger partial charge is 0.383 e. The molecule has 0 atom stereocenters. The number of carboxylic acid groups (broad SMARTS) is 1. The largest absolute Gasteiger partial charge is 0.504 e. The molecule has 0 fully saturated rings. The van der Waals surface area contributed by atoms with Crippen LogP contribution < -0.4 is 15.1 Å². The second kappa shape index (κ2) is 11.2. The van der Waals surface area contributed by atoms with Gasteiger partial charge in [-0.25, -0.2) is 9.59 Å². The van der Waals surface area contributed by atoms with Crippen molar-refractivity contribution in [1.82, 2.24) is 0 Å². The first-order valence-electron chi connectivity index (χ1n) is 9.80. The lowest BCUT2D eigenvalue weighted by Gasteiger charge is -2.10. The summed E-state index contributed by atoms with van der Waals surface area (Å²) in [6.07, 6.45) is 9.14. The first-order chi connectivity index (χ1) is 13.5. The summed E-state index contributed by atoms with van der Waals surface area (Å²) in [5.74, 6) is -1.43. The molecule has 28 heavy (non-hydrogen) atoms. The van der Waals surface area contributed by atoms with E-state index in [1.54, 1.807) is 0 Å². The lowest BCUT2D eigenvalue weighted by Crippen LogP contribution is -2.10. The highest BCUT2D eigenvalue weighted by Gasteiger charge is 2.16. The Kier molecular flexibility index (Phi) is 8.65. The predicted molar refractivity (Wildman–Crippen MR) is 105 cm³/mol. The third-order valence-corrected chi connectivity index (χ3v) is 4.42. The topological polar surface area (TPSA) is 106 Å². The van der Waals surface area contributed by atoms with Crippen molar-refractivity contribution < 1.29 is 28.9 Å². The van der Waals surface area contributed by atoms with Gasteiger partial charge < -0.3 is 24.1 Å². The summed E-state index contributed by atoms with van der Waals surface area (Å²) in [6, 6.07) is 4.32. The number of rotatable bonds is 13. The van der Waals surface area contributed by atoms with Crippen molar-refractivity contribution in [2.75, 3.05) is 13.2 Å². The molecule has 0 saturated carbocycles. The molecule has 154 valence electrons. The van der Waals surface area contributed by atoms with E-state index in [2.05, 4.69) is 6.92 Å². The number of fused-ring (bicyclic) bond motifs is 1. The highest BCUT2D eigenvalue weighted by atomic mass is 16.5. The number of unbranched alkanes of at least 4 members (excludes halogenated alkanes) is 7. The van der Waals surface area contributed by atoms with Crippen LogP contribution in [0, 0.1) is 0 Å². The lowest BCUT2D eigenvalue weighted by atomic mass is 10.1. The highest BCUT2D eigenvalue weighted by Crippen LogP contribution is 2.33. The van der Waals surface area contributed by atoms with E-state index in [0.29, 0.717) is 6.61 Å². The number of hydrogen-bond acceptors (Lipinski definition) is 6. The summed E-state index contributed by atoms with van der Waals surface area (Å²) >= 11 is 0. The Morgan fingerprint density at radius 1 is 1.04 bits per heavy atom. The average molecular weight is 392 g/mol. The molecular formula is C21H28O7. The van der Waals surface area contributed by atoms with Gasteiger partial charge in [-0.05, 0) is 24.6 Å². The predicted octanol–water partition coefficient (Wildman–Crippen LogP) is 4.48. The fourth-order valence-corrected chi connectivity index (χ4v) is 2.92. The molecule has 2 rings (SSSR count). The third kappa shape index (κ3) is 6.48. The van der Waals surface area contributed by atoms with Gasteiger partial charge in [-0.15, -0.1) is 0 Å². The number of carboxylic acids is 1. The minimum Gasteiger partial charge on any atom is -0.504 e. The van der Waals surface area contributed by atoms with Gasteiger partial charge in [0.05, 0.1) is 12.0 Å². The van der Waals surface area contributed by atoms with Gasteiger partial charge in [0.2, 0.25) is 5.75 Å². The van der Waals surface area contributed by atoms with Gasteiger partial charge in [-0.1, -0.05) is 51.9 Å². The van der Waals surface area contributed by atoms with E-state index in [4.69, 9.17) is 19.0 Å². The molecule has 1 aromatic heterocycles. The van der Waals surface area contributed by atoms with Gasteiger partial charge in [0.1, 0.15) is 11.3 Å². The maximum absolute atomic E-state index is 12.1. The number of aliphatic carboxylic acids is 1. The molecule has 2 aromatic rings. The number of ether oxygens (including phenoxy) is 2. The Hall–Kier alpha value is -2.70. The summed E-state index contributed by atoms with van der Waals surface area (Å²) in [4.78, 5) is 22.7. The average Bonchev–Trinajstić information content (AvgIpc) is 2.67. The van der Waals surface area contributed by atoms with Gasteiger partial charge in [0.15, 0.2) is 12.4 Å². The molecule has 1 heterocycles. The molecule has 0 aliphatic heterocycles. The van der Waals surface area contributed by atoms with Gasteiger partial charge in [-0.2, -0.15) is 0 Å². The van der Waals surface area contributed by atoms with Crippen molar-refractivity contribution in [3.63, 3.8) is 0 Å². The molecule has 7 heteroatoms. The molecule has 0 bridgehead atoms. The van der Waals surface area contributed by atoms with Crippen LogP contribution in [-0.2, 0) is 4.79 Å². The Morgan fingerprint density at radius 3 is 2.39 bits per heavy atom. The summed E-state index contributed by atoms with van der Waals surface area (Å²) in [7, 11) is 0. The van der Waals surface area contributed by atoms with Crippen LogP contribution >= 0.6 is 0 Å². The monoisotopic (exact) mass is 392 g/mol.